The Kier molecular flexibility index (Phi) is 5.55. The monoisotopic (exact) mass is 379 g/mol. The molecule has 0 aromatic heterocycles. The number of urea groups is 1. The lowest BCUT2D eigenvalue weighted by Crippen LogP contribution is -2.45. The van der Waals surface area contributed by atoms with E-state index in [0.717, 1.165) is 18.2 Å². The molecule has 3 amide bonds. The highest BCUT2D eigenvalue weighted by Gasteiger charge is 2.30. The summed E-state index contributed by atoms with van der Waals surface area (Å²) in [6.07, 6.45) is -4.23. The first kappa shape index (κ1) is 19.0. The Hall–Kier alpha value is -2.30. The first-order valence-electron chi connectivity index (χ1n) is 7.27. The first-order valence-corrected chi connectivity index (χ1v) is 9.09. The van der Waals surface area contributed by atoms with E-state index in [1.165, 1.54) is 6.07 Å². The predicted octanol–water partition coefficient (Wildman–Crippen LogP) is 1.13. The Morgan fingerprint density at radius 1 is 1.24 bits per heavy atom. The Balaban J connectivity index is 1.80. The van der Waals surface area contributed by atoms with Crippen molar-refractivity contribution in [2.75, 3.05) is 23.4 Å². The largest absolute Gasteiger partial charge is 0.416 e. The molecule has 1 aliphatic rings. The highest BCUT2D eigenvalue weighted by Crippen LogP contribution is 2.30. The van der Waals surface area contributed by atoms with Crippen molar-refractivity contribution in [3.63, 3.8) is 0 Å². The van der Waals surface area contributed by atoms with Gasteiger partial charge in [0.1, 0.15) is 0 Å². The zero-order chi connectivity index (χ0) is 18.7. The van der Waals surface area contributed by atoms with Gasteiger partial charge in [-0.25, -0.2) is 13.2 Å². The minimum Gasteiger partial charge on any atom is -0.334 e. The van der Waals surface area contributed by atoms with Gasteiger partial charge in [-0.3, -0.25) is 4.79 Å². The molecule has 2 rings (SSSR count). The summed E-state index contributed by atoms with van der Waals surface area (Å²) >= 11 is 0. The van der Waals surface area contributed by atoms with Crippen molar-refractivity contribution in [3.05, 3.63) is 29.8 Å². The number of sulfone groups is 1. The quantitative estimate of drug-likeness (QED) is 0.729. The summed E-state index contributed by atoms with van der Waals surface area (Å²) in [5.41, 5.74) is -0.956. The number of benzene rings is 1. The number of rotatable bonds is 4. The van der Waals surface area contributed by atoms with E-state index in [9.17, 15) is 31.2 Å². The third kappa shape index (κ3) is 5.93. The maximum atomic E-state index is 12.6. The summed E-state index contributed by atoms with van der Waals surface area (Å²) in [7, 11) is -3.14. The van der Waals surface area contributed by atoms with E-state index in [0.29, 0.717) is 6.42 Å². The maximum Gasteiger partial charge on any atom is 0.416 e. The van der Waals surface area contributed by atoms with Gasteiger partial charge in [-0.05, 0) is 24.6 Å². The summed E-state index contributed by atoms with van der Waals surface area (Å²) in [5, 5.41) is 6.89. The number of hydrogen-bond donors (Lipinski definition) is 3. The molecule has 0 spiro atoms. The van der Waals surface area contributed by atoms with Crippen LogP contribution in [0.4, 0.5) is 23.7 Å². The van der Waals surface area contributed by atoms with Crippen LogP contribution in [0.2, 0.25) is 0 Å². The van der Waals surface area contributed by atoms with E-state index in [1.54, 1.807) is 0 Å². The maximum absolute atomic E-state index is 12.6. The summed E-state index contributed by atoms with van der Waals surface area (Å²) in [6.45, 7) is -0.471. The van der Waals surface area contributed by atoms with Crippen molar-refractivity contribution in [2.24, 2.45) is 0 Å². The van der Waals surface area contributed by atoms with Crippen molar-refractivity contribution in [2.45, 2.75) is 18.6 Å². The second-order valence-electron chi connectivity index (χ2n) is 5.55. The topological polar surface area (TPSA) is 104 Å². The van der Waals surface area contributed by atoms with Crippen LogP contribution in [0.5, 0.6) is 0 Å². The zero-order valence-electron chi connectivity index (χ0n) is 12.9. The van der Waals surface area contributed by atoms with Crippen LogP contribution >= 0.6 is 0 Å². The van der Waals surface area contributed by atoms with Crippen LogP contribution in [0.1, 0.15) is 12.0 Å². The van der Waals surface area contributed by atoms with Gasteiger partial charge in [0.25, 0.3) is 0 Å². The zero-order valence-corrected chi connectivity index (χ0v) is 13.7. The Morgan fingerprint density at radius 3 is 2.56 bits per heavy atom. The SMILES string of the molecule is O=C(CNC(=O)NC1CCS(=O)(=O)C1)Nc1cccc(C(F)(F)F)c1. The molecule has 1 atom stereocenters. The van der Waals surface area contributed by atoms with Gasteiger partial charge in [-0.2, -0.15) is 13.2 Å². The summed E-state index contributed by atoms with van der Waals surface area (Å²) in [6, 6.07) is 2.85. The molecule has 0 radical (unpaired) electrons. The third-order valence-corrected chi connectivity index (χ3v) is 5.22. The summed E-state index contributed by atoms with van der Waals surface area (Å²) in [4.78, 5) is 23.3. The number of carbonyl (C=O) groups excluding carboxylic acids is 2. The Labute approximate surface area is 141 Å². The van der Waals surface area contributed by atoms with Gasteiger partial charge in [0.05, 0.1) is 23.6 Å². The van der Waals surface area contributed by atoms with Gasteiger partial charge < -0.3 is 16.0 Å². The Morgan fingerprint density at radius 2 is 1.96 bits per heavy atom. The average Bonchev–Trinajstić information content (AvgIpc) is 2.83. The number of nitrogens with one attached hydrogen (secondary N) is 3. The fourth-order valence-corrected chi connectivity index (χ4v) is 3.96. The minimum absolute atomic E-state index is 0.00597. The first-order chi connectivity index (χ1) is 11.5. The molecular weight excluding hydrogens is 363 g/mol. The molecule has 138 valence electrons. The molecule has 1 heterocycles. The average molecular weight is 379 g/mol. The third-order valence-electron chi connectivity index (χ3n) is 3.45. The Bertz CT molecular complexity index is 765. The van der Waals surface area contributed by atoms with E-state index < -0.39 is 46.1 Å². The lowest BCUT2D eigenvalue weighted by atomic mass is 10.2. The second-order valence-corrected chi connectivity index (χ2v) is 7.78. The molecule has 0 saturated carbocycles. The van der Waals surface area contributed by atoms with Crippen LogP contribution in [0.25, 0.3) is 0 Å². The predicted molar refractivity (Wildman–Crippen MR) is 83.7 cm³/mol. The second kappa shape index (κ2) is 7.30. The van der Waals surface area contributed by atoms with Crippen molar-refractivity contribution >= 4 is 27.5 Å². The molecule has 1 aliphatic heterocycles. The van der Waals surface area contributed by atoms with Crippen LogP contribution in [0.3, 0.4) is 0 Å². The fourth-order valence-electron chi connectivity index (χ4n) is 2.28. The molecule has 1 fully saturated rings. The normalized spacial score (nSPS) is 19.2. The van der Waals surface area contributed by atoms with Gasteiger partial charge in [0.2, 0.25) is 5.91 Å². The number of halogens is 3. The standard InChI is InChI=1S/C14H16F3N3O4S/c15-14(16,17)9-2-1-3-10(6-9)19-12(21)7-18-13(22)20-11-4-5-25(23,24)8-11/h1-3,6,11H,4-5,7-8H2,(H,19,21)(H2,18,20,22). The van der Waals surface area contributed by atoms with E-state index in [1.807, 2.05) is 0 Å². The van der Waals surface area contributed by atoms with Crippen LogP contribution in [0.15, 0.2) is 24.3 Å². The number of anilines is 1. The molecule has 1 saturated heterocycles. The van der Waals surface area contributed by atoms with Crippen molar-refractivity contribution in [1.82, 2.24) is 10.6 Å². The van der Waals surface area contributed by atoms with E-state index in [-0.39, 0.29) is 17.2 Å². The summed E-state index contributed by atoms with van der Waals surface area (Å²) in [5.74, 6) is -0.876. The molecular formula is C14H16F3N3O4S. The molecule has 1 unspecified atom stereocenters. The number of alkyl halides is 3. The number of carbonyl (C=O) groups is 2. The fraction of sp³-hybridized carbons (Fsp3) is 0.429. The number of amides is 3. The molecule has 0 aliphatic carbocycles. The molecule has 3 N–H and O–H groups in total. The highest BCUT2D eigenvalue weighted by molar-refractivity contribution is 7.91. The lowest BCUT2D eigenvalue weighted by molar-refractivity contribution is -0.137. The molecule has 7 nitrogen and oxygen atoms in total. The van der Waals surface area contributed by atoms with Gasteiger partial charge in [-0.15, -0.1) is 0 Å². The van der Waals surface area contributed by atoms with Gasteiger partial charge >= 0.3 is 12.2 Å². The van der Waals surface area contributed by atoms with Crippen LogP contribution in [-0.2, 0) is 20.8 Å². The summed E-state index contributed by atoms with van der Waals surface area (Å²) < 4.78 is 60.3. The lowest BCUT2D eigenvalue weighted by Gasteiger charge is -2.12. The van der Waals surface area contributed by atoms with Gasteiger partial charge in [-0.1, -0.05) is 6.07 Å². The smallest absolute Gasteiger partial charge is 0.334 e. The van der Waals surface area contributed by atoms with Crippen LogP contribution in [-0.4, -0.2) is 44.4 Å². The molecule has 1 aromatic carbocycles. The van der Waals surface area contributed by atoms with E-state index in [2.05, 4.69) is 16.0 Å². The van der Waals surface area contributed by atoms with Gasteiger partial charge in [0.15, 0.2) is 9.84 Å². The number of hydrogen-bond acceptors (Lipinski definition) is 4. The van der Waals surface area contributed by atoms with E-state index >= 15 is 0 Å². The van der Waals surface area contributed by atoms with Crippen LogP contribution < -0.4 is 16.0 Å². The van der Waals surface area contributed by atoms with Crippen molar-refractivity contribution in [1.29, 1.82) is 0 Å². The molecule has 25 heavy (non-hydrogen) atoms. The molecule has 11 heteroatoms. The van der Waals surface area contributed by atoms with E-state index in [4.69, 9.17) is 0 Å². The molecule has 1 aromatic rings. The van der Waals surface area contributed by atoms with Crippen molar-refractivity contribution in [3.8, 4) is 0 Å². The van der Waals surface area contributed by atoms with Crippen LogP contribution in [0, 0.1) is 0 Å². The van der Waals surface area contributed by atoms with Gasteiger partial charge in [0, 0.05) is 11.7 Å². The minimum atomic E-state index is -4.53. The molecule has 0 bridgehead atoms. The van der Waals surface area contributed by atoms with Crippen molar-refractivity contribution < 1.29 is 31.2 Å². The highest BCUT2D eigenvalue weighted by atomic mass is 32.2.